The van der Waals surface area contributed by atoms with E-state index >= 15 is 0 Å². The van der Waals surface area contributed by atoms with Crippen LogP contribution in [0.15, 0.2) is 0 Å². The molecule has 0 aromatic carbocycles. The maximum atomic E-state index is 4.56. The van der Waals surface area contributed by atoms with Crippen LogP contribution in [0.4, 0.5) is 0 Å². The van der Waals surface area contributed by atoms with Crippen LogP contribution in [-0.4, -0.2) is 25.7 Å². The molecule has 0 spiro atoms. The lowest BCUT2D eigenvalue weighted by Gasteiger charge is -2.21. The van der Waals surface area contributed by atoms with Crippen LogP contribution in [0, 0.1) is 0 Å². The molecule has 0 aromatic rings. The molecule has 2 heteroatoms. The Morgan fingerprint density at radius 1 is 1.40 bits per heavy atom. The Hall–Kier alpha value is -0.0800. The molecule has 1 heterocycles. The van der Waals surface area contributed by atoms with Crippen molar-refractivity contribution in [3.63, 3.8) is 0 Å². The van der Waals surface area contributed by atoms with E-state index in [1.807, 2.05) is 0 Å². The van der Waals surface area contributed by atoms with Gasteiger partial charge in [-0.1, -0.05) is 6.92 Å². The van der Waals surface area contributed by atoms with E-state index in [4.69, 9.17) is 0 Å². The van der Waals surface area contributed by atoms with Crippen molar-refractivity contribution in [3.05, 3.63) is 0 Å². The first-order valence-electron chi connectivity index (χ1n) is 4.31. The zero-order valence-corrected chi connectivity index (χ0v) is 6.77. The maximum absolute atomic E-state index is 4.56. The molecule has 0 unspecified atom stereocenters. The fraction of sp³-hybridized carbons (Fsp3) is 1.00. The van der Waals surface area contributed by atoms with E-state index in [0.29, 0.717) is 6.04 Å². The number of hydrogen-bond acceptors (Lipinski definition) is 1. The number of hydrogen-bond donors (Lipinski definition) is 1. The lowest BCUT2D eigenvalue weighted by molar-refractivity contribution is 0.382. The van der Waals surface area contributed by atoms with Crippen LogP contribution >= 0.6 is 0 Å². The van der Waals surface area contributed by atoms with Gasteiger partial charge in [0.25, 0.3) is 0 Å². The van der Waals surface area contributed by atoms with Crippen LogP contribution < -0.4 is 10.6 Å². The van der Waals surface area contributed by atoms with Crippen LogP contribution in [0.2, 0.25) is 0 Å². The van der Waals surface area contributed by atoms with Gasteiger partial charge in [0.05, 0.1) is 0 Å². The monoisotopic (exact) mass is 141 g/mol. The third kappa shape index (κ3) is 2.67. The van der Waals surface area contributed by atoms with Gasteiger partial charge >= 0.3 is 0 Å². The van der Waals surface area contributed by atoms with Gasteiger partial charge in [-0.05, 0) is 32.4 Å². The topological polar surface area (TPSA) is 26.1 Å². The normalized spacial score (nSPS) is 21.3. The summed E-state index contributed by atoms with van der Waals surface area (Å²) in [6, 6.07) is 0.668. The second kappa shape index (κ2) is 4.69. The molecule has 1 radical (unpaired) electrons. The van der Waals surface area contributed by atoms with Crippen molar-refractivity contribution in [2.45, 2.75) is 32.2 Å². The molecule has 1 saturated heterocycles. The second-order valence-electron chi connectivity index (χ2n) is 2.89. The predicted octanol–water partition coefficient (Wildman–Crippen LogP) is 0.753. The summed E-state index contributed by atoms with van der Waals surface area (Å²) in [5.74, 6) is 0. The summed E-state index contributed by atoms with van der Waals surface area (Å²) in [5, 5.41) is 7.89. The maximum Gasteiger partial charge on any atom is 0.0270 e. The highest BCUT2D eigenvalue weighted by atomic mass is 15.0. The van der Waals surface area contributed by atoms with Gasteiger partial charge in [0.1, 0.15) is 0 Å². The van der Waals surface area contributed by atoms with E-state index in [1.165, 1.54) is 19.3 Å². The lowest BCUT2D eigenvalue weighted by Crippen LogP contribution is -2.36. The third-order valence-corrected chi connectivity index (χ3v) is 1.92. The van der Waals surface area contributed by atoms with Gasteiger partial charge in [0, 0.05) is 12.6 Å². The summed E-state index contributed by atoms with van der Waals surface area (Å²) >= 11 is 0. The van der Waals surface area contributed by atoms with Crippen LogP contribution in [0.3, 0.4) is 0 Å². The minimum atomic E-state index is 0.668. The van der Waals surface area contributed by atoms with Crippen molar-refractivity contribution >= 4 is 0 Å². The van der Waals surface area contributed by atoms with Crippen molar-refractivity contribution in [1.29, 1.82) is 0 Å². The Bertz CT molecular complexity index is 77.3. The lowest BCUT2D eigenvalue weighted by atomic mass is 10.1. The molecule has 10 heavy (non-hydrogen) atoms. The van der Waals surface area contributed by atoms with Gasteiger partial charge in [-0.25, -0.2) is 5.32 Å². The molecule has 1 fully saturated rings. The minimum Gasteiger partial charge on any atom is -0.317 e. The highest BCUT2D eigenvalue weighted by molar-refractivity contribution is 4.73. The molecule has 0 saturated carbocycles. The molecule has 1 N–H and O–H groups in total. The first kappa shape index (κ1) is 8.02. The van der Waals surface area contributed by atoms with Gasteiger partial charge < -0.3 is 5.32 Å². The molecular formula is C8H17N2. The molecule has 0 aromatic heterocycles. The average Bonchev–Trinajstić information content (AvgIpc) is 2.03. The summed E-state index contributed by atoms with van der Waals surface area (Å²) in [6.07, 6.45) is 3.70. The second-order valence-corrected chi connectivity index (χ2v) is 2.89. The molecule has 1 rings (SSSR count). The molecule has 0 amide bonds. The van der Waals surface area contributed by atoms with Crippen LogP contribution in [0.25, 0.3) is 0 Å². The Balaban J connectivity index is 2.02. The molecule has 1 aliphatic heterocycles. The van der Waals surface area contributed by atoms with Gasteiger partial charge in [0.15, 0.2) is 0 Å². The third-order valence-electron chi connectivity index (χ3n) is 1.92. The summed E-state index contributed by atoms with van der Waals surface area (Å²) in [6.45, 7) is 5.57. The van der Waals surface area contributed by atoms with Gasteiger partial charge in [-0.15, -0.1) is 0 Å². The van der Waals surface area contributed by atoms with Crippen molar-refractivity contribution in [3.8, 4) is 0 Å². The Morgan fingerprint density at radius 3 is 2.70 bits per heavy atom. The molecule has 2 nitrogen and oxygen atoms in total. The largest absolute Gasteiger partial charge is 0.317 e. The van der Waals surface area contributed by atoms with E-state index in [2.05, 4.69) is 17.6 Å². The highest BCUT2D eigenvalue weighted by Gasteiger charge is 2.11. The first-order valence-corrected chi connectivity index (χ1v) is 4.31. The first-order chi connectivity index (χ1) is 4.93. The van der Waals surface area contributed by atoms with E-state index in [-0.39, 0.29) is 0 Å². The zero-order chi connectivity index (χ0) is 7.23. The summed E-state index contributed by atoms with van der Waals surface area (Å²) < 4.78 is 0. The van der Waals surface area contributed by atoms with Gasteiger partial charge in [0.2, 0.25) is 0 Å². The van der Waals surface area contributed by atoms with Crippen LogP contribution in [-0.2, 0) is 0 Å². The molecule has 1 aliphatic rings. The van der Waals surface area contributed by atoms with Crippen molar-refractivity contribution in [2.24, 2.45) is 0 Å². The summed E-state index contributed by atoms with van der Waals surface area (Å²) in [7, 11) is 0. The SMILES string of the molecule is CCC[N]C1CCNCC1. The number of piperidine rings is 1. The highest BCUT2D eigenvalue weighted by Crippen LogP contribution is 2.02. The molecule has 0 atom stereocenters. The average molecular weight is 141 g/mol. The van der Waals surface area contributed by atoms with E-state index in [1.54, 1.807) is 0 Å². The number of nitrogens with one attached hydrogen (secondary N) is 1. The Kier molecular flexibility index (Phi) is 3.76. The molecular weight excluding hydrogens is 124 g/mol. The van der Waals surface area contributed by atoms with Gasteiger partial charge in [-0.3, -0.25) is 0 Å². The fourth-order valence-electron chi connectivity index (χ4n) is 1.30. The smallest absolute Gasteiger partial charge is 0.0270 e. The predicted molar refractivity (Wildman–Crippen MR) is 43.2 cm³/mol. The zero-order valence-electron chi connectivity index (χ0n) is 6.77. The van der Waals surface area contributed by atoms with E-state index in [9.17, 15) is 0 Å². The molecule has 59 valence electrons. The summed E-state index contributed by atoms with van der Waals surface area (Å²) in [4.78, 5) is 0. The summed E-state index contributed by atoms with van der Waals surface area (Å²) in [5.41, 5.74) is 0. The van der Waals surface area contributed by atoms with Crippen molar-refractivity contribution < 1.29 is 0 Å². The van der Waals surface area contributed by atoms with Crippen LogP contribution in [0.5, 0.6) is 0 Å². The Morgan fingerprint density at radius 2 is 2.10 bits per heavy atom. The fourth-order valence-corrected chi connectivity index (χ4v) is 1.30. The number of nitrogens with zero attached hydrogens (tertiary/aromatic N) is 1. The van der Waals surface area contributed by atoms with Crippen molar-refractivity contribution in [2.75, 3.05) is 19.6 Å². The quantitative estimate of drug-likeness (QED) is 0.617. The van der Waals surface area contributed by atoms with E-state index in [0.717, 1.165) is 19.6 Å². The number of rotatable bonds is 3. The molecule has 0 bridgehead atoms. The van der Waals surface area contributed by atoms with E-state index < -0.39 is 0 Å². The van der Waals surface area contributed by atoms with Crippen LogP contribution in [0.1, 0.15) is 26.2 Å². The molecule has 0 aliphatic carbocycles. The van der Waals surface area contributed by atoms with Gasteiger partial charge in [-0.2, -0.15) is 0 Å². The standard InChI is InChI=1S/C8H17N2/c1-2-5-10-8-3-6-9-7-4-8/h8-9H,2-7H2,1H3. The minimum absolute atomic E-state index is 0.668. The Labute approximate surface area is 63.4 Å². The van der Waals surface area contributed by atoms with Crippen molar-refractivity contribution in [1.82, 2.24) is 10.6 Å².